The van der Waals surface area contributed by atoms with Crippen molar-refractivity contribution in [3.63, 3.8) is 0 Å². The Morgan fingerprint density at radius 2 is 2.00 bits per heavy atom. The summed E-state index contributed by atoms with van der Waals surface area (Å²) in [5, 5.41) is 1.41. The Balaban J connectivity index is 1.77. The molecule has 1 aliphatic carbocycles. The molecule has 0 bridgehead atoms. The van der Waals surface area contributed by atoms with E-state index in [1.807, 2.05) is 0 Å². The van der Waals surface area contributed by atoms with Crippen LogP contribution < -0.4 is 0 Å². The minimum absolute atomic E-state index is 0.245. The molecule has 5 rings (SSSR count). The van der Waals surface area contributed by atoms with Crippen LogP contribution in [0.3, 0.4) is 0 Å². The Morgan fingerprint density at radius 1 is 1.17 bits per heavy atom. The highest BCUT2D eigenvalue weighted by molar-refractivity contribution is 6.00. The van der Waals surface area contributed by atoms with Gasteiger partial charge in [0.1, 0.15) is 11.4 Å². The number of nitrogens with zero attached hydrogens (tertiary/aromatic N) is 2. The molecule has 2 aromatic rings. The molecule has 1 atom stereocenters. The smallest absolute Gasteiger partial charge is 0.125 e. The number of fused-ring (bicyclic) bond motifs is 3. The second-order valence-electron chi connectivity index (χ2n) is 7.52. The molecular formula is C20H24N2O. The van der Waals surface area contributed by atoms with E-state index in [-0.39, 0.29) is 5.60 Å². The predicted molar refractivity (Wildman–Crippen MR) is 93.2 cm³/mol. The Bertz CT molecular complexity index is 797. The third-order valence-corrected chi connectivity index (χ3v) is 6.00. The molecule has 0 N–H and O–H groups in total. The van der Waals surface area contributed by atoms with Crippen molar-refractivity contribution in [2.45, 2.75) is 51.0 Å². The molecule has 3 aliphatic rings. The van der Waals surface area contributed by atoms with E-state index in [0.717, 1.165) is 19.6 Å². The van der Waals surface area contributed by atoms with Crippen molar-refractivity contribution in [3.8, 4) is 0 Å². The molecule has 3 heterocycles. The van der Waals surface area contributed by atoms with Crippen molar-refractivity contribution in [1.82, 2.24) is 4.57 Å². The minimum Gasteiger partial charge on any atom is -0.367 e. The van der Waals surface area contributed by atoms with Crippen LogP contribution in [0.25, 0.3) is 10.9 Å². The van der Waals surface area contributed by atoms with Gasteiger partial charge in [0.05, 0.1) is 24.4 Å². The van der Waals surface area contributed by atoms with Crippen molar-refractivity contribution < 1.29 is 4.74 Å². The van der Waals surface area contributed by atoms with Gasteiger partial charge in [0, 0.05) is 11.3 Å². The molecule has 0 spiro atoms. The number of benzene rings is 1. The maximum Gasteiger partial charge on any atom is 0.125 e. The lowest BCUT2D eigenvalue weighted by molar-refractivity contribution is -0.0445. The summed E-state index contributed by atoms with van der Waals surface area (Å²) in [6.45, 7) is 3.81. The zero-order valence-corrected chi connectivity index (χ0v) is 13.8. The molecule has 1 unspecified atom stereocenters. The van der Waals surface area contributed by atoms with Crippen LogP contribution in [-0.4, -0.2) is 23.6 Å². The maximum atomic E-state index is 6.21. The highest BCUT2D eigenvalue weighted by Crippen LogP contribution is 2.43. The quantitative estimate of drug-likeness (QED) is 0.773. The predicted octanol–water partition coefficient (Wildman–Crippen LogP) is 4.27. The number of ether oxygens (including phenoxy) is 1. The van der Waals surface area contributed by atoms with E-state index >= 15 is 0 Å². The van der Waals surface area contributed by atoms with Gasteiger partial charge in [-0.1, -0.05) is 37.5 Å². The molecule has 120 valence electrons. The van der Waals surface area contributed by atoms with Gasteiger partial charge in [-0.2, -0.15) is 0 Å². The van der Waals surface area contributed by atoms with Crippen molar-refractivity contribution >= 4 is 16.7 Å². The van der Waals surface area contributed by atoms with Gasteiger partial charge in [0.2, 0.25) is 0 Å². The minimum atomic E-state index is -0.245. The summed E-state index contributed by atoms with van der Waals surface area (Å²) in [7, 11) is 0. The first-order valence-electron chi connectivity index (χ1n) is 9.09. The van der Waals surface area contributed by atoms with Crippen molar-refractivity contribution in [2.24, 2.45) is 10.9 Å². The van der Waals surface area contributed by atoms with Gasteiger partial charge in [0.15, 0.2) is 0 Å². The highest BCUT2D eigenvalue weighted by Gasteiger charge is 2.42. The molecule has 3 nitrogen and oxygen atoms in total. The van der Waals surface area contributed by atoms with E-state index in [2.05, 4.69) is 35.8 Å². The fourth-order valence-electron chi connectivity index (χ4n) is 4.90. The number of hydrogen-bond donors (Lipinski definition) is 0. The van der Waals surface area contributed by atoms with E-state index in [4.69, 9.17) is 9.73 Å². The normalized spacial score (nSPS) is 27.8. The van der Waals surface area contributed by atoms with Crippen LogP contribution in [0.1, 0.15) is 50.3 Å². The van der Waals surface area contributed by atoms with Crippen molar-refractivity contribution in [3.05, 3.63) is 35.5 Å². The second-order valence-corrected chi connectivity index (χ2v) is 7.52. The van der Waals surface area contributed by atoms with Crippen LogP contribution in [-0.2, 0) is 16.8 Å². The summed E-state index contributed by atoms with van der Waals surface area (Å²) in [6, 6.07) is 8.86. The van der Waals surface area contributed by atoms with Crippen LogP contribution in [0.4, 0.5) is 0 Å². The summed E-state index contributed by atoms with van der Waals surface area (Å²) < 4.78 is 8.69. The van der Waals surface area contributed by atoms with Gasteiger partial charge < -0.3 is 4.74 Å². The van der Waals surface area contributed by atoms with Gasteiger partial charge >= 0.3 is 0 Å². The van der Waals surface area contributed by atoms with E-state index in [0.29, 0.717) is 5.92 Å². The average molecular weight is 308 g/mol. The van der Waals surface area contributed by atoms with Crippen LogP contribution >= 0.6 is 0 Å². The van der Waals surface area contributed by atoms with Gasteiger partial charge in [-0.05, 0) is 37.8 Å². The highest BCUT2D eigenvalue weighted by atomic mass is 16.5. The van der Waals surface area contributed by atoms with E-state index in [9.17, 15) is 0 Å². The summed E-state index contributed by atoms with van der Waals surface area (Å²) in [4.78, 5) is 5.07. The molecule has 3 heteroatoms. The van der Waals surface area contributed by atoms with Crippen molar-refractivity contribution in [1.29, 1.82) is 0 Å². The van der Waals surface area contributed by atoms with E-state index in [1.54, 1.807) is 0 Å². The SMILES string of the molecule is CC12CN=C(C3CCCCC3)n3c1c(c1ccccc13)CCO2. The third-order valence-electron chi connectivity index (χ3n) is 6.00. The lowest BCUT2D eigenvalue weighted by atomic mass is 9.86. The summed E-state index contributed by atoms with van der Waals surface area (Å²) in [6.07, 6.45) is 7.68. The molecule has 0 radical (unpaired) electrons. The van der Waals surface area contributed by atoms with Crippen LogP contribution in [0.15, 0.2) is 29.3 Å². The lowest BCUT2D eigenvalue weighted by Crippen LogP contribution is -2.44. The molecule has 23 heavy (non-hydrogen) atoms. The van der Waals surface area contributed by atoms with Crippen molar-refractivity contribution in [2.75, 3.05) is 13.2 Å². The van der Waals surface area contributed by atoms with Crippen LogP contribution in [0.5, 0.6) is 0 Å². The zero-order chi connectivity index (χ0) is 15.4. The first kappa shape index (κ1) is 13.8. The standard InChI is InChI=1S/C20H24N2O/c1-20-13-21-19(14-7-3-2-4-8-14)22-17-10-6-5-9-15(17)16(18(20)22)11-12-23-20/h5-6,9-10,14H,2-4,7-8,11-13H2,1H3. The number of aliphatic imine (C=N–C) groups is 1. The first-order valence-corrected chi connectivity index (χ1v) is 9.09. The molecule has 1 aromatic carbocycles. The van der Waals surface area contributed by atoms with Gasteiger partial charge in [-0.3, -0.25) is 9.56 Å². The molecule has 0 saturated heterocycles. The molecule has 0 amide bonds. The van der Waals surface area contributed by atoms with E-state index < -0.39 is 0 Å². The summed E-state index contributed by atoms with van der Waals surface area (Å²) in [5.41, 5.74) is 3.97. The summed E-state index contributed by atoms with van der Waals surface area (Å²) >= 11 is 0. The molecule has 2 aliphatic heterocycles. The van der Waals surface area contributed by atoms with Crippen LogP contribution in [0, 0.1) is 5.92 Å². The fourth-order valence-corrected chi connectivity index (χ4v) is 4.90. The van der Waals surface area contributed by atoms with Gasteiger partial charge in [-0.15, -0.1) is 0 Å². The third kappa shape index (κ3) is 1.89. The van der Waals surface area contributed by atoms with E-state index in [1.165, 1.54) is 60.1 Å². The number of para-hydroxylation sites is 1. The topological polar surface area (TPSA) is 26.5 Å². The Labute approximate surface area is 137 Å². The lowest BCUT2D eigenvalue weighted by Gasteiger charge is -2.39. The number of hydrogen-bond acceptors (Lipinski definition) is 2. The monoisotopic (exact) mass is 308 g/mol. The number of rotatable bonds is 1. The Morgan fingerprint density at radius 3 is 2.87 bits per heavy atom. The average Bonchev–Trinajstić information content (AvgIpc) is 2.93. The molecular weight excluding hydrogens is 284 g/mol. The van der Waals surface area contributed by atoms with Gasteiger partial charge in [-0.25, -0.2) is 0 Å². The molecule has 1 aromatic heterocycles. The number of aromatic nitrogens is 1. The van der Waals surface area contributed by atoms with Gasteiger partial charge in [0.25, 0.3) is 0 Å². The maximum absolute atomic E-state index is 6.21. The van der Waals surface area contributed by atoms with Crippen LogP contribution in [0.2, 0.25) is 0 Å². The Kier molecular flexibility index (Phi) is 2.96. The zero-order valence-electron chi connectivity index (χ0n) is 13.8. The molecule has 1 saturated carbocycles. The second kappa shape index (κ2) is 4.94. The largest absolute Gasteiger partial charge is 0.367 e. The Hall–Kier alpha value is -1.61. The summed E-state index contributed by atoms with van der Waals surface area (Å²) in [5.74, 6) is 1.93. The fraction of sp³-hybridized carbons (Fsp3) is 0.550. The first-order chi connectivity index (χ1) is 11.3. The molecule has 1 fully saturated rings.